The molecule has 0 aliphatic heterocycles. The predicted molar refractivity (Wildman–Crippen MR) is 54.8 cm³/mol. The van der Waals surface area contributed by atoms with Gasteiger partial charge in [0.1, 0.15) is 0 Å². The molecule has 0 saturated heterocycles. The molecule has 0 spiro atoms. The van der Waals surface area contributed by atoms with Gasteiger partial charge < -0.3 is 5.73 Å². The molecule has 0 bridgehead atoms. The van der Waals surface area contributed by atoms with Crippen LogP contribution >= 0.6 is 24.0 Å². The van der Waals surface area contributed by atoms with E-state index < -0.39 is 0 Å². The fraction of sp³-hybridized carbons (Fsp3) is 0. The molecule has 0 saturated carbocycles. The van der Waals surface area contributed by atoms with Crippen molar-refractivity contribution in [1.29, 1.82) is 0 Å². The molecule has 0 aliphatic carbocycles. The minimum atomic E-state index is -0.142. The molecule has 6 heteroatoms. The van der Waals surface area contributed by atoms with Crippen LogP contribution < -0.4 is 5.73 Å². The summed E-state index contributed by atoms with van der Waals surface area (Å²) in [5.74, 6) is 0. The number of nitrogens with zero attached hydrogens (tertiary/aromatic N) is 2. The molecule has 0 aromatic carbocycles. The van der Waals surface area contributed by atoms with Crippen molar-refractivity contribution in [2.24, 2.45) is 5.73 Å². The van der Waals surface area contributed by atoms with E-state index in [9.17, 15) is 4.79 Å². The number of halogens is 1. The van der Waals surface area contributed by atoms with E-state index >= 15 is 0 Å². The predicted octanol–water partition coefficient (Wildman–Crippen LogP) is 0.924. The van der Waals surface area contributed by atoms with Gasteiger partial charge in [-0.2, -0.15) is 4.42 Å². The van der Waals surface area contributed by atoms with Crippen LogP contribution in [0.15, 0.2) is 30.6 Å². The molecule has 1 rings (SSSR count). The van der Waals surface area contributed by atoms with E-state index in [4.69, 9.17) is 17.5 Å². The Bertz CT molecular complexity index is 230. The van der Waals surface area contributed by atoms with Gasteiger partial charge in [-0.15, -0.1) is 0 Å². The summed E-state index contributed by atoms with van der Waals surface area (Å²) in [5, 5.41) is -0.142. The highest BCUT2D eigenvalue weighted by atomic mass is 35.5. The Morgan fingerprint density at radius 1 is 1.46 bits per heavy atom. The number of carbonyl (C=O) groups is 1. The molecule has 1 aromatic rings. The van der Waals surface area contributed by atoms with Crippen LogP contribution in [-0.2, 0) is 4.79 Å². The van der Waals surface area contributed by atoms with Gasteiger partial charge in [-0.3, -0.25) is 9.78 Å². The van der Waals surface area contributed by atoms with E-state index in [0.29, 0.717) is 10.8 Å². The molecule has 0 atom stereocenters. The molecule has 0 unspecified atom stereocenters. The van der Waals surface area contributed by atoms with Gasteiger partial charge in [-0.05, 0) is 24.4 Å². The van der Waals surface area contributed by atoms with Crippen molar-refractivity contribution < 1.29 is 4.79 Å². The number of aromatic nitrogens is 1. The fourth-order valence-corrected chi connectivity index (χ4v) is 0.408. The second-order valence-corrected chi connectivity index (χ2v) is 2.56. The largest absolute Gasteiger partial charge is 0.375 e. The summed E-state index contributed by atoms with van der Waals surface area (Å²) in [7, 11) is 0. The number of rotatable bonds is 1. The first-order valence-corrected chi connectivity index (χ1v) is 3.98. The summed E-state index contributed by atoms with van der Waals surface area (Å²) in [6.45, 7) is 0. The van der Waals surface area contributed by atoms with Gasteiger partial charge in [0.2, 0.25) is 6.41 Å². The van der Waals surface area contributed by atoms with E-state index in [2.05, 4.69) is 17.2 Å². The molecular formula is C7H8ClN3OS. The minimum Gasteiger partial charge on any atom is -0.375 e. The summed E-state index contributed by atoms with van der Waals surface area (Å²) < 4.78 is 0.593. The summed E-state index contributed by atoms with van der Waals surface area (Å²) in [6, 6.07) is 5.72. The molecule has 0 aliphatic rings. The van der Waals surface area contributed by atoms with Crippen molar-refractivity contribution >= 4 is 35.5 Å². The van der Waals surface area contributed by atoms with Gasteiger partial charge in [0.05, 0.1) is 0 Å². The first kappa shape index (κ1) is 11.8. The Morgan fingerprint density at radius 3 is 2.08 bits per heavy atom. The van der Waals surface area contributed by atoms with Crippen LogP contribution in [0.1, 0.15) is 0 Å². The zero-order valence-electron chi connectivity index (χ0n) is 6.63. The first-order valence-electron chi connectivity index (χ1n) is 3.23. The van der Waals surface area contributed by atoms with Crippen LogP contribution in [0.5, 0.6) is 0 Å². The molecule has 2 N–H and O–H groups in total. The lowest BCUT2D eigenvalue weighted by atomic mass is 10.5. The lowest BCUT2D eigenvalue weighted by Gasteiger charge is -1.99. The van der Waals surface area contributed by atoms with Crippen molar-refractivity contribution in [3.63, 3.8) is 0 Å². The summed E-state index contributed by atoms with van der Waals surface area (Å²) >= 11 is 9.26. The molecule has 70 valence electrons. The number of nitrogens with two attached hydrogens (primary N) is 1. The van der Waals surface area contributed by atoms with Gasteiger partial charge in [0, 0.05) is 24.2 Å². The SMILES string of the molecule is NC(=S)N(Cl)C=O.c1ccncc1. The number of amides is 1. The van der Waals surface area contributed by atoms with Gasteiger partial charge >= 0.3 is 0 Å². The van der Waals surface area contributed by atoms with Crippen LogP contribution in [0.25, 0.3) is 0 Å². The molecule has 0 fully saturated rings. The van der Waals surface area contributed by atoms with Crippen molar-refractivity contribution in [3.8, 4) is 0 Å². The quantitative estimate of drug-likeness (QED) is 0.432. The van der Waals surface area contributed by atoms with Gasteiger partial charge in [0.25, 0.3) is 0 Å². The monoisotopic (exact) mass is 217 g/mol. The maximum atomic E-state index is 9.57. The van der Waals surface area contributed by atoms with Crippen molar-refractivity contribution in [3.05, 3.63) is 30.6 Å². The topological polar surface area (TPSA) is 59.2 Å². The highest BCUT2D eigenvalue weighted by Gasteiger charge is 1.94. The molecule has 13 heavy (non-hydrogen) atoms. The Hall–Kier alpha value is -1.20. The molecule has 0 radical (unpaired) electrons. The molecule has 1 amide bonds. The molecule has 4 nitrogen and oxygen atoms in total. The zero-order chi connectivity index (χ0) is 10.1. The third kappa shape index (κ3) is 7.17. The summed E-state index contributed by atoms with van der Waals surface area (Å²) in [4.78, 5) is 13.4. The van der Waals surface area contributed by atoms with Gasteiger partial charge in [0.15, 0.2) is 5.11 Å². The maximum Gasteiger partial charge on any atom is 0.230 e. The summed E-state index contributed by atoms with van der Waals surface area (Å²) in [5.41, 5.74) is 4.84. The lowest BCUT2D eigenvalue weighted by Crippen LogP contribution is -2.25. The Kier molecular flexibility index (Phi) is 6.76. The highest BCUT2D eigenvalue weighted by Crippen LogP contribution is 1.84. The van der Waals surface area contributed by atoms with E-state index in [0.717, 1.165) is 0 Å². The van der Waals surface area contributed by atoms with Crippen LogP contribution in [0, 0.1) is 0 Å². The zero-order valence-corrected chi connectivity index (χ0v) is 8.20. The Morgan fingerprint density at radius 2 is 2.00 bits per heavy atom. The maximum absolute atomic E-state index is 9.57. The number of thiocarbonyl (C=S) groups is 1. The third-order valence-electron chi connectivity index (χ3n) is 0.870. The fourth-order valence-electron chi connectivity index (χ4n) is 0.365. The van der Waals surface area contributed by atoms with Crippen LogP contribution in [0.4, 0.5) is 0 Å². The standard InChI is InChI=1S/C5H5N.C2H3ClN2OS/c1-2-4-6-5-3-1;3-5(1-6)2(4)7/h1-5H;1H,(H2,4,7). The van der Waals surface area contributed by atoms with Crippen molar-refractivity contribution in [1.82, 2.24) is 9.40 Å². The van der Waals surface area contributed by atoms with Crippen LogP contribution in [-0.4, -0.2) is 20.9 Å². The van der Waals surface area contributed by atoms with Crippen LogP contribution in [0.2, 0.25) is 0 Å². The number of hydrogen-bond acceptors (Lipinski definition) is 3. The van der Waals surface area contributed by atoms with Crippen molar-refractivity contribution in [2.45, 2.75) is 0 Å². The Balaban J connectivity index is 0.000000223. The van der Waals surface area contributed by atoms with Gasteiger partial charge in [-0.25, -0.2) is 0 Å². The number of hydrogen-bond donors (Lipinski definition) is 1. The summed E-state index contributed by atoms with van der Waals surface area (Å²) in [6.07, 6.45) is 3.82. The number of pyridine rings is 1. The van der Waals surface area contributed by atoms with Crippen molar-refractivity contribution in [2.75, 3.05) is 0 Å². The second-order valence-electron chi connectivity index (χ2n) is 1.78. The third-order valence-corrected chi connectivity index (χ3v) is 1.43. The second kappa shape index (κ2) is 7.45. The molecular weight excluding hydrogens is 210 g/mol. The first-order chi connectivity index (χ1) is 6.18. The smallest absolute Gasteiger partial charge is 0.230 e. The average molecular weight is 218 g/mol. The average Bonchev–Trinajstić information content (AvgIpc) is 2.20. The van der Waals surface area contributed by atoms with Crippen LogP contribution in [0.3, 0.4) is 0 Å². The highest BCUT2D eigenvalue weighted by molar-refractivity contribution is 7.80. The molecule has 1 aromatic heterocycles. The minimum absolute atomic E-state index is 0.142. The lowest BCUT2D eigenvalue weighted by molar-refractivity contribution is -0.111. The van der Waals surface area contributed by atoms with E-state index in [-0.39, 0.29) is 5.11 Å². The Labute approximate surface area is 86.4 Å². The van der Waals surface area contributed by atoms with E-state index in [1.54, 1.807) is 12.4 Å². The normalized spacial score (nSPS) is 7.77. The van der Waals surface area contributed by atoms with E-state index in [1.807, 2.05) is 18.2 Å². The van der Waals surface area contributed by atoms with Gasteiger partial charge in [-0.1, -0.05) is 6.07 Å². The van der Waals surface area contributed by atoms with E-state index in [1.165, 1.54) is 0 Å². The molecule has 1 heterocycles. The number of carbonyl (C=O) groups excluding carboxylic acids is 1.